The zero-order chi connectivity index (χ0) is 23.3. The van der Waals surface area contributed by atoms with Gasteiger partial charge in [-0.25, -0.2) is 0 Å². The fourth-order valence-electron chi connectivity index (χ4n) is 3.37. The van der Waals surface area contributed by atoms with Crippen LogP contribution in [0, 0.1) is 0 Å². The maximum atomic E-state index is 10.2. The van der Waals surface area contributed by atoms with Crippen molar-refractivity contribution < 1.29 is 20.1 Å². The molecule has 0 amide bonds. The molecule has 0 fully saturated rings. The molecule has 0 heterocycles. The van der Waals surface area contributed by atoms with E-state index in [1.165, 1.54) is 6.07 Å². The van der Waals surface area contributed by atoms with Gasteiger partial charge >= 0.3 is 0 Å². The molecule has 0 aliphatic carbocycles. The van der Waals surface area contributed by atoms with Gasteiger partial charge in [0, 0.05) is 25.3 Å². The molecule has 0 aliphatic heterocycles. The molecule has 178 valence electrons. The number of aryl methyl sites for hydroxylation is 1. The number of aliphatic hydroxyl groups is 2. The highest BCUT2D eigenvalue weighted by Gasteiger charge is 2.10. The fourth-order valence-corrected chi connectivity index (χ4v) is 3.90. The van der Waals surface area contributed by atoms with Crippen molar-refractivity contribution in [3.63, 3.8) is 0 Å². The van der Waals surface area contributed by atoms with Crippen LogP contribution in [0.2, 0.25) is 10.0 Å². The molecule has 0 aromatic heterocycles. The second-order valence-electron chi connectivity index (χ2n) is 7.87. The minimum Gasteiger partial charge on any atom is -0.508 e. The lowest BCUT2D eigenvalue weighted by Gasteiger charge is -2.14. The molecule has 0 radical (unpaired) electrons. The minimum atomic E-state index is -0.672. The average Bonchev–Trinajstić information content (AvgIpc) is 2.78. The molecule has 1 atom stereocenters. The number of aromatic hydroxyl groups is 1. The van der Waals surface area contributed by atoms with Crippen LogP contribution < -0.4 is 11.1 Å². The molecule has 2 aromatic rings. The molecule has 0 saturated heterocycles. The van der Waals surface area contributed by atoms with Gasteiger partial charge in [-0.15, -0.1) is 0 Å². The molecule has 0 spiro atoms. The lowest BCUT2D eigenvalue weighted by atomic mass is 10.1. The van der Waals surface area contributed by atoms with Gasteiger partial charge in [0.15, 0.2) is 0 Å². The number of nitrogen functional groups attached to an aromatic ring is 1. The van der Waals surface area contributed by atoms with Crippen LogP contribution in [0.1, 0.15) is 54.9 Å². The third-order valence-corrected chi connectivity index (χ3v) is 5.91. The number of nitrogens with two attached hydrogens (primary N) is 1. The second kappa shape index (κ2) is 14.6. The number of benzene rings is 2. The van der Waals surface area contributed by atoms with E-state index in [1.54, 1.807) is 12.1 Å². The van der Waals surface area contributed by atoms with Crippen molar-refractivity contribution >= 4 is 28.9 Å². The molecule has 1 unspecified atom stereocenters. The van der Waals surface area contributed by atoms with Crippen LogP contribution in [0.5, 0.6) is 5.75 Å². The van der Waals surface area contributed by atoms with E-state index in [4.69, 9.17) is 33.7 Å². The summed E-state index contributed by atoms with van der Waals surface area (Å²) in [6.07, 6.45) is 5.34. The number of nitrogens with one attached hydrogen (secondary N) is 1. The van der Waals surface area contributed by atoms with Gasteiger partial charge in [0.1, 0.15) is 5.75 Å². The zero-order valence-electron chi connectivity index (χ0n) is 18.3. The monoisotopic (exact) mass is 484 g/mol. The number of hydrogen-bond acceptors (Lipinski definition) is 6. The maximum absolute atomic E-state index is 10.2. The van der Waals surface area contributed by atoms with E-state index in [-0.39, 0.29) is 12.4 Å². The molecule has 6 N–H and O–H groups in total. The van der Waals surface area contributed by atoms with Gasteiger partial charge in [-0.1, -0.05) is 42.1 Å². The van der Waals surface area contributed by atoms with Gasteiger partial charge < -0.3 is 31.1 Å². The Kier molecular flexibility index (Phi) is 12.2. The highest BCUT2D eigenvalue weighted by atomic mass is 35.5. The summed E-state index contributed by atoms with van der Waals surface area (Å²) < 4.78 is 5.70. The Morgan fingerprint density at radius 1 is 0.969 bits per heavy atom. The Morgan fingerprint density at radius 2 is 1.66 bits per heavy atom. The quantitative estimate of drug-likeness (QED) is 0.186. The van der Waals surface area contributed by atoms with Crippen molar-refractivity contribution in [2.24, 2.45) is 0 Å². The van der Waals surface area contributed by atoms with E-state index in [0.29, 0.717) is 40.0 Å². The summed E-state index contributed by atoms with van der Waals surface area (Å²) in [7, 11) is 0. The van der Waals surface area contributed by atoms with Gasteiger partial charge in [-0.3, -0.25) is 0 Å². The first-order chi connectivity index (χ1) is 15.4. The molecule has 2 rings (SSSR count). The molecule has 6 nitrogen and oxygen atoms in total. The Labute approximate surface area is 200 Å². The van der Waals surface area contributed by atoms with Crippen LogP contribution in [-0.4, -0.2) is 41.6 Å². The van der Waals surface area contributed by atoms with E-state index in [9.17, 15) is 15.3 Å². The molecule has 8 heteroatoms. The van der Waals surface area contributed by atoms with Crippen LogP contribution in [0.15, 0.2) is 30.3 Å². The number of halogens is 2. The first-order valence-electron chi connectivity index (χ1n) is 11.0. The summed E-state index contributed by atoms with van der Waals surface area (Å²) in [5.41, 5.74) is 8.33. The molecule has 0 saturated carbocycles. The number of rotatable bonds is 15. The lowest BCUT2D eigenvalue weighted by Crippen LogP contribution is -2.22. The second-order valence-corrected chi connectivity index (χ2v) is 8.68. The van der Waals surface area contributed by atoms with Crippen molar-refractivity contribution in [1.82, 2.24) is 5.32 Å². The molecular weight excluding hydrogens is 451 g/mol. The fraction of sp³-hybridized carbons (Fsp3) is 0.500. The van der Waals surface area contributed by atoms with E-state index in [0.717, 1.165) is 57.2 Å². The van der Waals surface area contributed by atoms with Crippen molar-refractivity contribution in [1.29, 1.82) is 0 Å². The van der Waals surface area contributed by atoms with Gasteiger partial charge in [-0.2, -0.15) is 0 Å². The van der Waals surface area contributed by atoms with Crippen LogP contribution in [-0.2, 0) is 17.8 Å². The molecule has 2 aromatic carbocycles. The van der Waals surface area contributed by atoms with E-state index >= 15 is 0 Å². The van der Waals surface area contributed by atoms with Crippen LogP contribution >= 0.6 is 23.2 Å². The van der Waals surface area contributed by atoms with Gasteiger partial charge in [0.25, 0.3) is 0 Å². The van der Waals surface area contributed by atoms with Gasteiger partial charge in [-0.05, 0) is 67.6 Å². The average molecular weight is 485 g/mol. The zero-order valence-corrected chi connectivity index (χ0v) is 19.8. The number of unbranched alkanes of at least 4 members (excludes halogenated alkanes) is 3. The predicted octanol–water partition coefficient (Wildman–Crippen LogP) is 4.61. The minimum absolute atomic E-state index is 0.0389. The van der Waals surface area contributed by atoms with E-state index in [1.807, 2.05) is 12.1 Å². The Bertz CT molecular complexity index is 813. The van der Waals surface area contributed by atoms with E-state index in [2.05, 4.69) is 5.32 Å². The van der Waals surface area contributed by atoms with Crippen molar-refractivity contribution in [2.45, 2.75) is 51.2 Å². The number of aliphatic hydroxyl groups excluding tert-OH is 2. The standard InChI is InChI=1S/C24H34Cl2N2O4/c25-20-12-17(13-21(26)24(20)27)6-5-11-32-10-4-2-1-3-9-28-15-23(31)18-7-8-22(30)19(14-18)16-29/h7-8,12-14,23,28-31H,1-6,9-11,15-16,27H2. The third kappa shape index (κ3) is 9.14. The number of hydrogen-bond donors (Lipinski definition) is 5. The summed E-state index contributed by atoms with van der Waals surface area (Å²) in [6, 6.07) is 8.50. The summed E-state index contributed by atoms with van der Waals surface area (Å²) in [6.45, 7) is 2.46. The van der Waals surface area contributed by atoms with Crippen molar-refractivity contribution in [3.8, 4) is 5.75 Å². The molecule has 32 heavy (non-hydrogen) atoms. The van der Waals surface area contributed by atoms with Crippen LogP contribution in [0.4, 0.5) is 5.69 Å². The van der Waals surface area contributed by atoms with Crippen LogP contribution in [0.25, 0.3) is 0 Å². The Balaban J connectivity index is 1.45. The third-order valence-electron chi connectivity index (χ3n) is 5.28. The van der Waals surface area contributed by atoms with Gasteiger partial charge in [0.05, 0.1) is 28.4 Å². The Hall–Kier alpha value is -1.54. The molecule has 0 bridgehead atoms. The van der Waals surface area contributed by atoms with Crippen molar-refractivity contribution in [3.05, 3.63) is 57.1 Å². The number of phenols is 1. The predicted molar refractivity (Wildman–Crippen MR) is 130 cm³/mol. The molecular formula is C24H34Cl2N2O4. The number of ether oxygens (including phenoxy) is 1. The number of anilines is 1. The summed E-state index contributed by atoms with van der Waals surface area (Å²) in [4.78, 5) is 0. The highest BCUT2D eigenvalue weighted by Crippen LogP contribution is 2.29. The summed E-state index contributed by atoms with van der Waals surface area (Å²) in [5.74, 6) is 0.0389. The van der Waals surface area contributed by atoms with Crippen molar-refractivity contribution in [2.75, 3.05) is 32.0 Å². The first-order valence-corrected chi connectivity index (χ1v) is 11.8. The maximum Gasteiger partial charge on any atom is 0.121 e. The normalized spacial score (nSPS) is 12.2. The lowest BCUT2D eigenvalue weighted by molar-refractivity contribution is 0.127. The summed E-state index contributed by atoms with van der Waals surface area (Å²) in [5, 5.41) is 33.2. The molecule has 0 aliphatic rings. The summed E-state index contributed by atoms with van der Waals surface area (Å²) >= 11 is 12.1. The Morgan fingerprint density at radius 3 is 2.38 bits per heavy atom. The topological polar surface area (TPSA) is 108 Å². The van der Waals surface area contributed by atoms with E-state index < -0.39 is 6.10 Å². The highest BCUT2D eigenvalue weighted by molar-refractivity contribution is 6.38. The van der Waals surface area contributed by atoms with Crippen LogP contribution in [0.3, 0.4) is 0 Å². The first kappa shape index (κ1) is 26.7. The van der Waals surface area contributed by atoms with Gasteiger partial charge in [0.2, 0.25) is 0 Å². The SMILES string of the molecule is Nc1c(Cl)cc(CCCOCCCCCCNCC(O)c2ccc(O)c(CO)c2)cc1Cl. The largest absolute Gasteiger partial charge is 0.508 e. The smallest absolute Gasteiger partial charge is 0.121 e.